The lowest BCUT2D eigenvalue weighted by atomic mass is 10.0. The molecule has 0 atom stereocenters. The predicted octanol–water partition coefficient (Wildman–Crippen LogP) is 2.17. The van der Waals surface area contributed by atoms with Crippen molar-refractivity contribution in [3.8, 4) is 5.75 Å². The average Bonchev–Trinajstić information content (AvgIpc) is 1.96. The molecule has 12 heavy (non-hydrogen) atoms. The van der Waals surface area contributed by atoms with Crippen LogP contribution in [0.5, 0.6) is 5.75 Å². The zero-order valence-electron chi connectivity index (χ0n) is 7.54. The summed E-state index contributed by atoms with van der Waals surface area (Å²) >= 11 is 0. The molecule has 0 aliphatic rings. The first-order chi connectivity index (χ1) is 5.59. The van der Waals surface area contributed by atoms with Crippen LogP contribution < -0.4 is 5.73 Å². The second-order valence-electron chi connectivity index (χ2n) is 3.48. The lowest BCUT2D eigenvalue weighted by Gasteiger charge is -2.08. The van der Waals surface area contributed by atoms with Crippen molar-refractivity contribution in [2.24, 2.45) is 5.92 Å². The van der Waals surface area contributed by atoms with Gasteiger partial charge in [-0.3, -0.25) is 0 Å². The normalized spacial score (nSPS) is 10.6. The fraction of sp³-hybridized carbons (Fsp3) is 0.400. The number of aromatic hydroxyl groups is 1. The topological polar surface area (TPSA) is 46.2 Å². The number of hydrogen-bond acceptors (Lipinski definition) is 2. The van der Waals surface area contributed by atoms with Gasteiger partial charge in [-0.05, 0) is 36.1 Å². The Hall–Kier alpha value is -1.18. The molecule has 2 nitrogen and oxygen atoms in total. The maximum absolute atomic E-state index is 9.19. The molecule has 0 amide bonds. The van der Waals surface area contributed by atoms with E-state index in [1.807, 2.05) is 0 Å². The van der Waals surface area contributed by atoms with Crippen molar-refractivity contribution in [2.45, 2.75) is 20.3 Å². The molecule has 0 spiro atoms. The highest BCUT2D eigenvalue weighted by Crippen LogP contribution is 2.20. The van der Waals surface area contributed by atoms with Gasteiger partial charge in [0.15, 0.2) is 0 Å². The molecular weight excluding hydrogens is 150 g/mol. The minimum atomic E-state index is 0.292. The van der Waals surface area contributed by atoms with Gasteiger partial charge in [-0.25, -0.2) is 0 Å². The molecule has 1 rings (SSSR count). The lowest BCUT2D eigenvalue weighted by Crippen LogP contribution is -1.98. The summed E-state index contributed by atoms with van der Waals surface area (Å²) in [5, 5.41) is 9.19. The van der Waals surface area contributed by atoms with E-state index in [1.54, 1.807) is 18.2 Å². The van der Waals surface area contributed by atoms with Gasteiger partial charge in [0.05, 0.1) is 0 Å². The molecule has 0 heterocycles. The maximum Gasteiger partial charge on any atom is 0.116 e. The van der Waals surface area contributed by atoms with E-state index in [4.69, 9.17) is 5.73 Å². The zero-order valence-corrected chi connectivity index (χ0v) is 7.54. The van der Waals surface area contributed by atoms with Gasteiger partial charge in [0, 0.05) is 5.69 Å². The van der Waals surface area contributed by atoms with Gasteiger partial charge in [0.25, 0.3) is 0 Å². The summed E-state index contributed by atoms with van der Waals surface area (Å²) in [5.74, 6) is 0.856. The van der Waals surface area contributed by atoms with Crippen molar-refractivity contribution < 1.29 is 5.11 Å². The number of benzene rings is 1. The monoisotopic (exact) mass is 165 g/mol. The fourth-order valence-electron chi connectivity index (χ4n) is 1.21. The van der Waals surface area contributed by atoms with Crippen LogP contribution in [0.4, 0.5) is 5.69 Å². The summed E-state index contributed by atoms with van der Waals surface area (Å²) in [4.78, 5) is 0. The molecule has 0 aliphatic carbocycles. The highest BCUT2D eigenvalue weighted by atomic mass is 16.3. The Kier molecular flexibility index (Phi) is 2.58. The molecule has 0 aromatic heterocycles. The van der Waals surface area contributed by atoms with E-state index in [0.717, 1.165) is 17.7 Å². The molecular formula is C10H15NO. The minimum Gasteiger partial charge on any atom is -0.508 e. The third-order valence-corrected chi connectivity index (χ3v) is 1.75. The molecule has 0 aliphatic heterocycles. The predicted molar refractivity (Wildman–Crippen MR) is 51.1 cm³/mol. The molecule has 0 bridgehead atoms. The van der Waals surface area contributed by atoms with Crippen LogP contribution in [0.25, 0.3) is 0 Å². The van der Waals surface area contributed by atoms with Crippen molar-refractivity contribution in [1.82, 2.24) is 0 Å². The smallest absolute Gasteiger partial charge is 0.116 e. The average molecular weight is 165 g/mol. The van der Waals surface area contributed by atoms with Crippen LogP contribution >= 0.6 is 0 Å². The van der Waals surface area contributed by atoms with E-state index >= 15 is 0 Å². The molecule has 0 fully saturated rings. The van der Waals surface area contributed by atoms with E-state index in [1.165, 1.54) is 0 Å². The van der Waals surface area contributed by atoms with Crippen molar-refractivity contribution >= 4 is 5.69 Å². The third kappa shape index (κ3) is 2.16. The Balaban J connectivity index is 2.90. The lowest BCUT2D eigenvalue weighted by molar-refractivity contribution is 0.474. The summed E-state index contributed by atoms with van der Waals surface area (Å²) in [7, 11) is 0. The molecule has 3 N–H and O–H groups in total. The second kappa shape index (κ2) is 3.48. The molecule has 0 radical (unpaired) electrons. The quantitative estimate of drug-likeness (QED) is 0.521. The van der Waals surface area contributed by atoms with Gasteiger partial charge in [0.1, 0.15) is 5.75 Å². The molecule has 1 aromatic rings. The zero-order chi connectivity index (χ0) is 9.14. The van der Waals surface area contributed by atoms with E-state index in [9.17, 15) is 5.11 Å². The highest BCUT2D eigenvalue weighted by molar-refractivity contribution is 5.50. The third-order valence-electron chi connectivity index (χ3n) is 1.75. The number of hydrogen-bond donors (Lipinski definition) is 2. The number of nitrogens with two attached hydrogens (primary N) is 1. The van der Waals surface area contributed by atoms with E-state index < -0.39 is 0 Å². The summed E-state index contributed by atoms with van der Waals surface area (Å²) in [6, 6.07) is 5.08. The van der Waals surface area contributed by atoms with Gasteiger partial charge >= 0.3 is 0 Å². The number of phenolic OH excluding ortho intramolecular Hbond substituents is 1. The molecule has 2 heteroatoms. The van der Waals surface area contributed by atoms with E-state index in [2.05, 4.69) is 13.8 Å². The van der Waals surface area contributed by atoms with Crippen molar-refractivity contribution in [1.29, 1.82) is 0 Å². The Labute approximate surface area is 73.0 Å². The first kappa shape index (κ1) is 8.91. The summed E-state index contributed by atoms with van der Waals surface area (Å²) in [6.45, 7) is 4.26. The first-order valence-electron chi connectivity index (χ1n) is 4.17. The van der Waals surface area contributed by atoms with Gasteiger partial charge in [-0.2, -0.15) is 0 Å². The van der Waals surface area contributed by atoms with Gasteiger partial charge < -0.3 is 10.8 Å². The van der Waals surface area contributed by atoms with Crippen LogP contribution in [0.2, 0.25) is 0 Å². The van der Waals surface area contributed by atoms with Crippen LogP contribution in [-0.4, -0.2) is 5.11 Å². The Bertz CT molecular complexity index is 269. The standard InChI is InChI=1S/C10H15NO/c1-7(2)5-8-6-9(12)3-4-10(8)11/h3-4,6-7,12H,5,11H2,1-2H3. The van der Waals surface area contributed by atoms with Crippen molar-refractivity contribution in [3.63, 3.8) is 0 Å². The van der Waals surface area contributed by atoms with Crippen molar-refractivity contribution in [3.05, 3.63) is 23.8 Å². The molecule has 0 unspecified atom stereocenters. The molecule has 0 saturated heterocycles. The summed E-state index contributed by atoms with van der Waals surface area (Å²) < 4.78 is 0. The Morgan fingerprint density at radius 1 is 1.42 bits per heavy atom. The van der Waals surface area contributed by atoms with Gasteiger partial charge in [-0.1, -0.05) is 13.8 Å². The molecule has 66 valence electrons. The number of phenols is 1. The minimum absolute atomic E-state index is 0.292. The number of anilines is 1. The van der Waals surface area contributed by atoms with Crippen LogP contribution in [0.3, 0.4) is 0 Å². The molecule has 0 saturated carbocycles. The van der Waals surface area contributed by atoms with E-state index in [0.29, 0.717) is 11.7 Å². The van der Waals surface area contributed by atoms with Gasteiger partial charge in [-0.15, -0.1) is 0 Å². The SMILES string of the molecule is CC(C)Cc1cc(O)ccc1N. The van der Waals surface area contributed by atoms with E-state index in [-0.39, 0.29) is 0 Å². The number of nitrogen functional groups attached to an aromatic ring is 1. The second-order valence-corrected chi connectivity index (χ2v) is 3.48. The van der Waals surface area contributed by atoms with Crippen LogP contribution in [-0.2, 0) is 6.42 Å². The van der Waals surface area contributed by atoms with Crippen LogP contribution in [0, 0.1) is 5.92 Å². The summed E-state index contributed by atoms with van der Waals surface area (Å²) in [6.07, 6.45) is 0.917. The largest absolute Gasteiger partial charge is 0.508 e. The fourth-order valence-corrected chi connectivity index (χ4v) is 1.21. The van der Waals surface area contributed by atoms with Gasteiger partial charge in [0.2, 0.25) is 0 Å². The van der Waals surface area contributed by atoms with Crippen molar-refractivity contribution in [2.75, 3.05) is 5.73 Å². The van der Waals surface area contributed by atoms with Crippen LogP contribution in [0.1, 0.15) is 19.4 Å². The Morgan fingerprint density at radius 2 is 2.08 bits per heavy atom. The Morgan fingerprint density at radius 3 is 2.67 bits per heavy atom. The maximum atomic E-state index is 9.19. The van der Waals surface area contributed by atoms with Crippen LogP contribution in [0.15, 0.2) is 18.2 Å². The highest BCUT2D eigenvalue weighted by Gasteiger charge is 2.02. The number of rotatable bonds is 2. The summed E-state index contributed by atoms with van der Waals surface area (Å²) in [5.41, 5.74) is 7.52. The molecule has 1 aromatic carbocycles. The first-order valence-corrected chi connectivity index (χ1v) is 4.17.